The van der Waals surface area contributed by atoms with E-state index in [1.807, 2.05) is 0 Å². The fourth-order valence-electron chi connectivity index (χ4n) is 3.85. The smallest absolute Gasteiger partial charge is 0.325 e. The summed E-state index contributed by atoms with van der Waals surface area (Å²) in [6.07, 6.45) is 0. The van der Waals surface area contributed by atoms with Crippen molar-refractivity contribution in [3.05, 3.63) is 41.5 Å². The van der Waals surface area contributed by atoms with E-state index in [0.29, 0.717) is 28.6 Å². The van der Waals surface area contributed by atoms with Crippen LogP contribution in [0, 0.1) is 0 Å². The van der Waals surface area contributed by atoms with Crippen molar-refractivity contribution < 1.29 is 38.1 Å². The van der Waals surface area contributed by atoms with E-state index in [4.69, 9.17) is 18.9 Å². The average Bonchev–Trinajstić information content (AvgIpc) is 3.35. The molecule has 34 heavy (non-hydrogen) atoms. The van der Waals surface area contributed by atoms with E-state index in [1.54, 1.807) is 18.2 Å². The van der Waals surface area contributed by atoms with E-state index in [9.17, 15) is 19.2 Å². The minimum atomic E-state index is -1.42. The number of hydrogen-bond acceptors (Lipinski definition) is 8. The number of nitrogens with one attached hydrogen (secondary N) is 2. The first-order valence-corrected chi connectivity index (χ1v) is 10.3. The highest BCUT2D eigenvalue weighted by Gasteiger charge is 2.49. The molecule has 0 saturated carbocycles. The minimum absolute atomic E-state index is 0.00125. The molecule has 11 heteroatoms. The molecular formula is C23H23N3O8. The van der Waals surface area contributed by atoms with E-state index in [2.05, 4.69) is 10.6 Å². The summed E-state index contributed by atoms with van der Waals surface area (Å²) < 4.78 is 21.1. The number of fused-ring (bicyclic) bond motifs is 1. The zero-order valence-electron chi connectivity index (χ0n) is 19.0. The van der Waals surface area contributed by atoms with Gasteiger partial charge in [-0.3, -0.25) is 19.3 Å². The summed E-state index contributed by atoms with van der Waals surface area (Å²) in [7, 11) is 2.95. The summed E-state index contributed by atoms with van der Waals surface area (Å²) in [6, 6.07) is 7.06. The highest BCUT2D eigenvalue weighted by atomic mass is 16.7. The largest absolute Gasteiger partial charge is 0.493 e. The van der Waals surface area contributed by atoms with Crippen LogP contribution in [0.1, 0.15) is 29.8 Å². The monoisotopic (exact) mass is 469 g/mol. The standard InChI is InChI=1S/C23H23N3O8/c1-12(27)14-8-18-19(34-11-33-18)9-15(14)24-20(28)10-26-21(29)23(2,25-22(26)30)13-5-6-16(31-3)17(7-13)32-4/h5-9H,10-11H2,1-4H3,(H,24,28)(H,25,30). The number of ketones is 1. The maximum absolute atomic E-state index is 13.2. The summed E-state index contributed by atoms with van der Waals surface area (Å²) in [6.45, 7) is 2.33. The number of imide groups is 1. The molecule has 0 aliphatic carbocycles. The average molecular weight is 469 g/mol. The summed E-state index contributed by atoms with van der Waals surface area (Å²) in [5, 5.41) is 5.22. The van der Waals surface area contributed by atoms with Crippen molar-refractivity contribution in [3.8, 4) is 23.0 Å². The van der Waals surface area contributed by atoms with E-state index >= 15 is 0 Å². The van der Waals surface area contributed by atoms with Gasteiger partial charge in [-0.05, 0) is 37.6 Å². The lowest BCUT2D eigenvalue weighted by Crippen LogP contribution is -2.42. The van der Waals surface area contributed by atoms with E-state index < -0.39 is 29.9 Å². The molecule has 2 aromatic carbocycles. The molecule has 0 bridgehead atoms. The SMILES string of the molecule is COc1ccc(C2(C)NC(=O)N(CC(=O)Nc3cc4c(cc3C(C)=O)OCO4)C2=O)cc1OC. The molecule has 2 heterocycles. The molecule has 2 N–H and O–H groups in total. The van der Waals surface area contributed by atoms with E-state index in [0.717, 1.165) is 4.90 Å². The number of carbonyl (C=O) groups is 4. The van der Waals surface area contributed by atoms with Crippen LogP contribution in [0.4, 0.5) is 10.5 Å². The van der Waals surface area contributed by atoms with Crippen molar-refractivity contribution in [1.29, 1.82) is 0 Å². The molecule has 1 atom stereocenters. The third-order valence-electron chi connectivity index (χ3n) is 5.70. The van der Waals surface area contributed by atoms with Gasteiger partial charge in [0.25, 0.3) is 5.91 Å². The van der Waals surface area contributed by atoms with Crippen LogP contribution in [0.25, 0.3) is 0 Å². The number of nitrogens with zero attached hydrogens (tertiary/aromatic N) is 1. The molecule has 2 aromatic rings. The number of hydrogen-bond donors (Lipinski definition) is 2. The second kappa shape index (κ2) is 8.58. The van der Waals surface area contributed by atoms with Crippen LogP contribution >= 0.6 is 0 Å². The third-order valence-corrected chi connectivity index (χ3v) is 5.70. The third kappa shape index (κ3) is 3.85. The van der Waals surface area contributed by atoms with Gasteiger partial charge in [0.15, 0.2) is 28.8 Å². The van der Waals surface area contributed by atoms with Crippen molar-refractivity contribution in [2.75, 3.05) is 32.9 Å². The number of urea groups is 1. The Labute approximate surface area is 194 Å². The normalized spacial score (nSPS) is 18.5. The molecule has 2 aliphatic heterocycles. The number of benzene rings is 2. The number of amides is 4. The second-order valence-electron chi connectivity index (χ2n) is 7.87. The van der Waals surface area contributed by atoms with Crippen LogP contribution in [0.15, 0.2) is 30.3 Å². The van der Waals surface area contributed by atoms with Crippen molar-refractivity contribution in [1.82, 2.24) is 10.2 Å². The summed E-state index contributed by atoms with van der Waals surface area (Å²) in [5.74, 6) is 0.0367. The van der Waals surface area contributed by atoms with Crippen molar-refractivity contribution in [2.45, 2.75) is 19.4 Å². The Bertz CT molecular complexity index is 1210. The van der Waals surface area contributed by atoms with Gasteiger partial charge in [-0.25, -0.2) is 4.79 Å². The van der Waals surface area contributed by atoms with Gasteiger partial charge >= 0.3 is 6.03 Å². The molecule has 1 saturated heterocycles. The molecule has 0 spiro atoms. The molecule has 1 unspecified atom stereocenters. The highest BCUT2D eigenvalue weighted by Crippen LogP contribution is 2.38. The first kappa shape index (κ1) is 22.9. The molecule has 1 fully saturated rings. The quantitative estimate of drug-likeness (QED) is 0.465. The molecule has 11 nitrogen and oxygen atoms in total. The molecule has 4 amide bonds. The first-order valence-electron chi connectivity index (χ1n) is 10.3. The predicted octanol–water partition coefficient (Wildman–Crippen LogP) is 2.04. The number of anilines is 1. The van der Waals surface area contributed by atoms with Gasteiger partial charge in [-0.2, -0.15) is 0 Å². The summed E-state index contributed by atoms with van der Waals surface area (Å²) >= 11 is 0. The fraction of sp³-hybridized carbons (Fsp3) is 0.304. The number of rotatable bonds is 7. The Morgan fingerprint density at radius 2 is 1.76 bits per heavy atom. The van der Waals surface area contributed by atoms with Gasteiger partial charge in [0.2, 0.25) is 12.7 Å². The van der Waals surface area contributed by atoms with Crippen LogP contribution in [0.2, 0.25) is 0 Å². The van der Waals surface area contributed by atoms with Gasteiger partial charge in [-0.15, -0.1) is 0 Å². The van der Waals surface area contributed by atoms with Crippen LogP contribution in [0.3, 0.4) is 0 Å². The van der Waals surface area contributed by atoms with Crippen molar-refractivity contribution in [2.24, 2.45) is 0 Å². The zero-order chi connectivity index (χ0) is 24.6. The minimum Gasteiger partial charge on any atom is -0.493 e. The van der Waals surface area contributed by atoms with Gasteiger partial charge in [0, 0.05) is 11.6 Å². The van der Waals surface area contributed by atoms with Crippen LogP contribution in [0.5, 0.6) is 23.0 Å². The Kier molecular flexibility index (Phi) is 5.78. The lowest BCUT2D eigenvalue weighted by molar-refractivity contribution is -0.133. The number of carbonyl (C=O) groups excluding carboxylic acids is 4. The van der Waals surface area contributed by atoms with Crippen molar-refractivity contribution >= 4 is 29.3 Å². The fourth-order valence-corrected chi connectivity index (χ4v) is 3.85. The lowest BCUT2D eigenvalue weighted by Gasteiger charge is -2.23. The summed E-state index contributed by atoms with van der Waals surface area (Å²) in [5.41, 5.74) is -0.553. The Balaban J connectivity index is 1.54. The maximum Gasteiger partial charge on any atom is 0.325 e. The summed E-state index contributed by atoms with van der Waals surface area (Å²) in [4.78, 5) is 51.5. The van der Waals surface area contributed by atoms with Gasteiger partial charge < -0.3 is 29.6 Å². The topological polar surface area (TPSA) is 132 Å². The van der Waals surface area contributed by atoms with Gasteiger partial charge in [0.1, 0.15) is 12.1 Å². The molecule has 0 radical (unpaired) electrons. The zero-order valence-corrected chi connectivity index (χ0v) is 19.0. The lowest BCUT2D eigenvalue weighted by atomic mass is 9.91. The number of ether oxygens (including phenoxy) is 4. The molecule has 178 valence electrons. The Morgan fingerprint density at radius 1 is 1.09 bits per heavy atom. The molecular weight excluding hydrogens is 446 g/mol. The van der Waals surface area contributed by atoms with Crippen molar-refractivity contribution in [3.63, 3.8) is 0 Å². The Morgan fingerprint density at radius 3 is 2.41 bits per heavy atom. The van der Waals surface area contributed by atoms with E-state index in [1.165, 1.54) is 40.2 Å². The molecule has 4 rings (SSSR count). The van der Waals surface area contributed by atoms with Crippen LogP contribution in [-0.2, 0) is 15.1 Å². The predicted molar refractivity (Wildman–Crippen MR) is 118 cm³/mol. The first-order chi connectivity index (χ1) is 16.2. The number of Topliss-reactive ketones (excluding diaryl/α,β-unsaturated/α-hetero) is 1. The Hall–Kier alpha value is -4.28. The molecule has 0 aromatic heterocycles. The number of methoxy groups -OCH3 is 2. The van der Waals surface area contributed by atoms with E-state index in [-0.39, 0.29) is 23.8 Å². The molecule has 2 aliphatic rings. The maximum atomic E-state index is 13.2. The van der Waals surface area contributed by atoms with Gasteiger partial charge in [0.05, 0.1) is 19.9 Å². The van der Waals surface area contributed by atoms with Crippen LogP contribution in [-0.4, -0.2) is 56.1 Å². The van der Waals surface area contributed by atoms with Gasteiger partial charge in [-0.1, -0.05) is 6.07 Å². The highest BCUT2D eigenvalue weighted by molar-refractivity contribution is 6.11. The van der Waals surface area contributed by atoms with Crippen LogP contribution < -0.4 is 29.6 Å². The second-order valence-corrected chi connectivity index (χ2v) is 7.87.